The van der Waals surface area contributed by atoms with E-state index in [0.717, 1.165) is 0 Å². The van der Waals surface area contributed by atoms with Gasteiger partial charge in [-0.25, -0.2) is 0 Å². The van der Waals surface area contributed by atoms with Gasteiger partial charge in [0.25, 0.3) is 0 Å². The molecule has 0 unspecified atom stereocenters. The minimum atomic E-state index is -1.49. The molecule has 10 atom stereocenters. The zero-order valence-electron chi connectivity index (χ0n) is 24.4. The van der Waals surface area contributed by atoms with Gasteiger partial charge in [-0.15, -0.1) is 0 Å². The number of benzene rings is 2. The maximum atomic E-state index is 12.9. The highest BCUT2D eigenvalue weighted by Gasteiger charge is 2.53. The standard InChI is InChI=1S/C31H36ClNO12/c1-14(9-10-41-19-6-4-3-5-17(19)32)27-25(38)26(39)31(45-27)44-20-8-7-16(12-18(20)34)11-15(2)30(40)33-21-22(35)24(37)29-28(23(21)36)42-13-43-29/h3-9,11-12,21-29,31,34-39H,10,13H2,1-2H3,(H,33,40)/b14-9+,15-11+/t21-,22+,23-,24-,25+,26+,27-,28+,29-,31-/m1/s1. The van der Waals surface area contributed by atoms with E-state index in [1.807, 2.05) is 0 Å². The summed E-state index contributed by atoms with van der Waals surface area (Å²) in [5.41, 5.74) is 1.17. The quantitative estimate of drug-likeness (QED) is 0.148. The molecule has 0 spiro atoms. The van der Waals surface area contributed by atoms with Crippen LogP contribution in [-0.2, 0) is 19.0 Å². The van der Waals surface area contributed by atoms with E-state index < -0.39 is 67.1 Å². The molecule has 0 aromatic heterocycles. The number of aromatic hydroxyl groups is 1. The van der Waals surface area contributed by atoms with Crippen molar-refractivity contribution in [1.82, 2.24) is 5.32 Å². The molecule has 45 heavy (non-hydrogen) atoms. The fraction of sp³-hybridized carbons (Fsp3) is 0.452. The summed E-state index contributed by atoms with van der Waals surface area (Å²) in [6.45, 7) is 3.20. The third kappa shape index (κ3) is 7.12. The van der Waals surface area contributed by atoms with Crippen LogP contribution in [0.15, 0.2) is 59.7 Å². The lowest BCUT2D eigenvalue weighted by atomic mass is 9.83. The molecule has 2 aromatic carbocycles. The number of carbonyl (C=O) groups is 1. The number of para-hydroxylation sites is 1. The van der Waals surface area contributed by atoms with Gasteiger partial charge in [-0.05, 0) is 61.4 Å². The van der Waals surface area contributed by atoms with E-state index in [4.69, 9.17) is 35.3 Å². The number of phenolic OH excluding ortho intramolecular Hbond substituents is 1. The molecule has 7 N–H and O–H groups in total. The Bertz CT molecular complexity index is 1440. The molecule has 2 aliphatic heterocycles. The van der Waals surface area contributed by atoms with Crippen LogP contribution >= 0.6 is 11.6 Å². The van der Waals surface area contributed by atoms with Gasteiger partial charge >= 0.3 is 0 Å². The van der Waals surface area contributed by atoms with Crippen molar-refractivity contribution in [2.24, 2.45) is 0 Å². The van der Waals surface area contributed by atoms with E-state index in [1.165, 1.54) is 25.1 Å². The Hall–Kier alpha value is -3.24. The minimum absolute atomic E-state index is 0.0365. The molecule has 0 radical (unpaired) electrons. The molecule has 1 saturated carbocycles. The molecule has 1 amide bonds. The average molecular weight is 650 g/mol. The second kappa shape index (κ2) is 14.0. The number of hydrogen-bond acceptors (Lipinski definition) is 12. The van der Waals surface area contributed by atoms with E-state index >= 15 is 0 Å². The molecule has 14 heteroatoms. The monoisotopic (exact) mass is 649 g/mol. The van der Waals surface area contributed by atoms with Gasteiger partial charge in [0.1, 0.15) is 68.0 Å². The van der Waals surface area contributed by atoms with Crippen molar-refractivity contribution in [1.29, 1.82) is 0 Å². The number of amides is 1. The van der Waals surface area contributed by atoms with E-state index in [9.17, 15) is 35.4 Å². The van der Waals surface area contributed by atoms with Crippen LogP contribution in [0.4, 0.5) is 0 Å². The van der Waals surface area contributed by atoms with Crippen LogP contribution in [0.1, 0.15) is 19.4 Å². The largest absolute Gasteiger partial charge is 0.504 e. The van der Waals surface area contributed by atoms with Gasteiger partial charge in [0.2, 0.25) is 12.2 Å². The van der Waals surface area contributed by atoms with Crippen LogP contribution in [0, 0.1) is 0 Å². The van der Waals surface area contributed by atoms with Gasteiger partial charge in [-0.2, -0.15) is 0 Å². The molecule has 13 nitrogen and oxygen atoms in total. The molecule has 2 aromatic rings. The van der Waals surface area contributed by atoms with Crippen LogP contribution in [0.2, 0.25) is 5.02 Å². The molecule has 3 fully saturated rings. The summed E-state index contributed by atoms with van der Waals surface area (Å²) in [6, 6.07) is 10.0. The first-order chi connectivity index (χ1) is 21.5. The van der Waals surface area contributed by atoms with Crippen molar-refractivity contribution in [3.05, 3.63) is 70.3 Å². The van der Waals surface area contributed by atoms with E-state index in [-0.39, 0.29) is 30.5 Å². The Morgan fingerprint density at radius 1 is 0.956 bits per heavy atom. The predicted molar refractivity (Wildman–Crippen MR) is 158 cm³/mol. The number of aliphatic hydroxyl groups is 5. The highest BCUT2D eigenvalue weighted by molar-refractivity contribution is 6.32. The maximum absolute atomic E-state index is 12.9. The first-order valence-corrected chi connectivity index (χ1v) is 14.7. The van der Waals surface area contributed by atoms with Crippen molar-refractivity contribution in [2.75, 3.05) is 13.4 Å². The number of ether oxygens (including phenoxy) is 5. The van der Waals surface area contributed by atoms with Gasteiger partial charge < -0.3 is 59.6 Å². The summed E-state index contributed by atoms with van der Waals surface area (Å²) in [5, 5.41) is 66.1. The Morgan fingerprint density at radius 3 is 2.38 bits per heavy atom. The summed E-state index contributed by atoms with van der Waals surface area (Å²) < 4.78 is 27.6. The summed E-state index contributed by atoms with van der Waals surface area (Å²) in [4.78, 5) is 12.9. The smallest absolute Gasteiger partial charge is 0.247 e. The summed E-state index contributed by atoms with van der Waals surface area (Å²) in [5.74, 6) is -0.496. The summed E-state index contributed by atoms with van der Waals surface area (Å²) in [7, 11) is 0. The van der Waals surface area contributed by atoms with Crippen molar-refractivity contribution in [3.63, 3.8) is 0 Å². The van der Waals surface area contributed by atoms with Crippen LogP contribution in [0.5, 0.6) is 17.2 Å². The van der Waals surface area contributed by atoms with Crippen LogP contribution < -0.4 is 14.8 Å². The third-order valence-electron chi connectivity index (χ3n) is 8.02. The zero-order chi connectivity index (χ0) is 32.4. The number of carbonyl (C=O) groups excluding carboxylic acids is 1. The normalized spacial score (nSPS) is 33.5. The third-order valence-corrected chi connectivity index (χ3v) is 8.33. The Labute approximate surface area is 263 Å². The average Bonchev–Trinajstić information content (AvgIpc) is 3.62. The number of phenols is 1. The van der Waals surface area contributed by atoms with Gasteiger partial charge in [-0.1, -0.05) is 29.8 Å². The highest BCUT2D eigenvalue weighted by Crippen LogP contribution is 2.34. The second-order valence-corrected chi connectivity index (χ2v) is 11.5. The Morgan fingerprint density at radius 2 is 1.67 bits per heavy atom. The van der Waals surface area contributed by atoms with E-state index in [1.54, 1.807) is 43.3 Å². The molecule has 2 heterocycles. The van der Waals surface area contributed by atoms with Crippen molar-refractivity contribution in [3.8, 4) is 17.2 Å². The first kappa shape index (κ1) is 33.1. The predicted octanol–water partition coefficient (Wildman–Crippen LogP) is 0.622. The van der Waals surface area contributed by atoms with Gasteiger partial charge in [-0.3, -0.25) is 4.79 Å². The van der Waals surface area contributed by atoms with Gasteiger partial charge in [0, 0.05) is 5.57 Å². The summed E-state index contributed by atoms with van der Waals surface area (Å²) in [6.07, 6.45) is -7.78. The molecule has 1 aliphatic carbocycles. The van der Waals surface area contributed by atoms with Crippen LogP contribution in [-0.4, -0.2) is 111 Å². The Balaban J connectivity index is 1.18. The molecule has 5 rings (SSSR count). The lowest BCUT2D eigenvalue weighted by Gasteiger charge is -2.41. The van der Waals surface area contributed by atoms with Crippen molar-refractivity contribution >= 4 is 23.6 Å². The fourth-order valence-corrected chi connectivity index (χ4v) is 5.64. The summed E-state index contributed by atoms with van der Waals surface area (Å²) >= 11 is 6.10. The number of halogens is 1. The number of hydrogen-bond donors (Lipinski definition) is 7. The topological polar surface area (TPSA) is 197 Å². The van der Waals surface area contributed by atoms with Gasteiger partial charge in [0.15, 0.2) is 11.5 Å². The molecular weight excluding hydrogens is 614 g/mol. The molecule has 244 valence electrons. The van der Waals surface area contributed by atoms with E-state index in [0.29, 0.717) is 21.9 Å². The van der Waals surface area contributed by atoms with Crippen molar-refractivity contribution < 1.29 is 59.1 Å². The number of fused-ring (bicyclic) bond motifs is 1. The van der Waals surface area contributed by atoms with E-state index in [2.05, 4.69) is 5.32 Å². The minimum Gasteiger partial charge on any atom is -0.504 e. The molecule has 3 aliphatic rings. The van der Waals surface area contributed by atoms with Crippen LogP contribution in [0.3, 0.4) is 0 Å². The molecule has 2 saturated heterocycles. The maximum Gasteiger partial charge on any atom is 0.247 e. The second-order valence-electron chi connectivity index (χ2n) is 11.1. The first-order valence-electron chi connectivity index (χ1n) is 14.3. The van der Waals surface area contributed by atoms with Crippen molar-refractivity contribution in [2.45, 2.75) is 75.0 Å². The fourth-order valence-electron chi connectivity index (χ4n) is 5.45. The number of nitrogens with one attached hydrogen (secondary N) is 1. The lowest BCUT2D eigenvalue weighted by Crippen LogP contribution is -2.67. The molecular formula is C31H36ClNO12. The lowest BCUT2D eigenvalue weighted by molar-refractivity contribution is -0.155. The highest BCUT2D eigenvalue weighted by atomic mass is 35.5. The number of rotatable bonds is 9. The molecule has 0 bridgehead atoms. The van der Waals surface area contributed by atoms with Crippen LogP contribution in [0.25, 0.3) is 6.08 Å². The number of aliphatic hydroxyl groups excluding tert-OH is 5. The Kier molecular flexibility index (Phi) is 10.3. The van der Waals surface area contributed by atoms with Gasteiger partial charge in [0.05, 0.1) is 11.1 Å². The SMILES string of the molecule is C/C(=C\c1ccc(O[C@@H]2O[C@H](/C(C)=C/COc3ccccc3Cl)[C@@H](O)[C@@H]2O)c(O)c1)C(=O)N[C@@H]1[C@H](O)[C@@H](O)[C@H]2OCO[C@H]2[C@@H]1O. The zero-order valence-corrected chi connectivity index (χ0v) is 25.2.